The molecule has 2 aromatic carbocycles. The fourth-order valence-electron chi connectivity index (χ4n) is 1.78. The van der Waals surface area contributed by atoms with Gasteiger partial charge in [-0.25, -0.2) is 0 Å². The fraction of sp³-hybridized carbons (Fsp3) is 0.133. The molecule has 84 valence electrons. The van der Waals surface area contributed by atoms with E-state index in [1.54, 1.807) is 0 Å². The zero-order chi connectivity index (χ0) is 11.9. The minimum absolute atomic E-state index is 0.518. The van der Waals surface area contributed by atoms with Gasteiger partial charge in [0.15, 0.2) is 0 Å². The average Bonchev–Trinajstić information content (AvgIpc) is 2.42. The lowest BCUT2D eigenvalue weighted by Crippen LogP contribution is -2.17. The van der Waals surface area contributed by atoms with Gasteiger partial charge in [0.05, 0.1) is 12.5 Å². The summed E-state index contributed by atoms with van der Waals surface area (Å²) in [6.45, 7) is 0.713. The zero-order valence-electron chi connectivity index (χ0n) is 9.58. The molecule has 0 N–H and O–H groups in total. The molecule has 0 amide bonds. The van der Waals surface area contributed by atoms with Crippen LogP contribution in [0.15, 0.2) is 60.7 Å². The van der Waals surface area contributed by atoms with E-state index in [9.17, 15) is 0 Å². The Hall–Kier alpha value is -2.27. The largest absolute Gasteiger partial charge is 0.340 e. The maximum absolute atomic E-state index is 8.73. The number of nitrogens with zero attached hydrogens (tertiary/aromatic N) is 2. The molecule has 17 heavy (non-hydrogen) atoms. The Morgan fingerprint density at radius 2 is 1.29 bits per heavy atom. The van der Waals surface area contributed by atoms with Crippen LogP contribution in [0.25, 0.3) is 0 Å². The van der Waals surface area contributed by atoms with Crippen molar-refractivity contribution >= 4 is 11.4 Å². The molecule has 0 aliphatic carbocycles. The summed E-state index contributed by atoms with van der Waals surface area (Å²) >= 11 is 0. The number of hydrogen-bond acceptors (Lipinski definition) is 2. The zero-order valence-corrected chi connectivity index (χ0v) is 9.58. The third-order valence-corrected chi connectivity index (χ3v) is 2.58. The van der Waals surface area contributed by atoms with Gasteiger partial charge in [0.25, 0.3) is 0 Å². The average molecular weight is 222 g/mol. The first-order valence-electron chi connectivity index (χ1n) is 5.66. The summed E-state index contributed by atoms with van der Waals surface area (Å²) in [7, 11) is 0. The van der Waals surface area contributed by atoms with Gasteiger partial charge < -0.3 is 4.90 Å². The van der Waals surface area contributed by atoms with Crippen molar-refractivity contribution < 1.29 is 0 Å². The van der Waals surface area contributed by atoms with Crippen molar-refractivity contribution in [1.82, 2.24) is 0 Å². The second-order valence-corrected chi connectivity index (χ2v) is 3.73. The summed E-state index contributed by atoms with van der Waals surface area (Å²) in [6, 6.07) is 22.5. The Bertz CT molecular complexity index is 446. The van der Waals surface area contributed by atoms with Crippen LogP contribution in [0.3, 0.4) is 0 Å². The molecule has 0 aromatic heterocycles. The maximum atomic E-state index is 8.73. The van der Waals surface area contributed by atoms with Gasteiger partial charge in [-0.2, -0.15) is 5.26 Å². The Balaban J connectivity index is 2.30. The lowest BCUT2D eigenvalue weighted by molar-refractivity contribution is 0.948. The van der Waals surface area contributed by atoms with Crippen molar-refractivity contribution in [2.45, 2.75) is 6.42 Å². The number of rotatable bonds is 4. The standard InChI is InChI=1S/C15H14N2/c16-12-7-13-17(14-8-3-1-4-9-14)15-10-5-2-6-11-15/h1-6,8-11H,7,13H2. The summed E-state index contributed by atoms with van der Waals surface area (Å²) in [5.74, 6) is 0. The van der Waals surface area contributed by atoms with E-state index in [4.69, 9.17) is 5.26 Å². The van der Waals surface area contributed by atoms with E-state index in [0.717, 1.165) is 11.4 Å². The van der Waals surface area contributed by atoms with Gasteiger partial charge in [-0.1, -0.05) is 36.4 Å². The number of nitriles is 1. The van der Waals surface area contributed by atoms with E-state index in [1.165, 1.54) is 0 Å². The van der Waals surface area contributed by atoms with Gasteiger partial charge >= 0.3 is 0 Å². The molecule has 0 fully saturated rings. The fourth-order valence-corrected chi connectivity index (χ4v) is 1.78. The Kier molecular flexibility index (Phi) is 3.77. The summed E-state index contributed by atoms with van der Waals surface area (Å²) in [4.78, 5) is 2.16. The van der Waals surface area contributed by atoms with Crippen LogP contribution < -0.4 is 4.90 Å². The topological polar surface area (TPSA) is 27.0 Å². The normalized spacial score (nSPS) is 9.59. The molecular weight excluding hydrogens is 208 g/mol. The molecule has 0 radical (unpaired) electrons. The molecule has 0 aliphatic heterocycles. The van der Waals surface area contributed by atoms with Gasteiger partial charge in [-0.15, -0.1) is 0 Å². The first-order chi connectivity index (χ1) is 8.42. The van der Waals surface area contributed by atoms with Crippen molar-refractivity contribution in [3.05, 3.63) is 60.7 Å². The van der Waals surface area contributed by atoms with Crippen LogP contribution in [0, 0.1) is 11.3 Å². The lowest BCUT2D eigenvalue weighted by atomic mass is 10.2. The molecule has 0 spiro atoms. The summed E-state index contributed by atoms with van der Waals surface area (Å²) < 4.78 is 0. The molecule has 0 atom stereocenters. The highest BCUT2D eigenvalue weighted by Gasteiger charge is 2.07. The van der Waals surface area contributed by atoms with Crippen molar-refractivity contribution in [3.8, 4) is 6.07 Å². The van der Waals surface area contributed by atoms with Crippen molar-refractivity contribution in [2.24, 2.45) is 0 Å². The third kappa shape index (κ3) is 2.85. The van der Waals surface area contributed by atoms with Crippen LogP contribution in [0.5, 0.6) is 0 Å². The molecule has 0 bridgehead atoms. The van der Waals surface area contributed by atoms with Gasteiger partial charge in [-0.05, 0) is 24.3 Å². The van der Waals surface area contributed by atoms with Crippen molar-refractivity contribution in [1.29, 1.82) is 5.26 Å². The van der Waals surface area contributed by atoms with Crippen LogP contribution in [-0.4, -0.2) is 6.54 Å². The summed E-state index contributed by atoms with van der Waals surface area (Å²) in [6.07, 6.45) is 0.518. The third-order valence-electron chi connectivity index (χ3n) is 2.58. The molecule has 2 rings (SSSR count). The van der Waals surface area contributed by atoms with Gasteiger partial charge in [-0.3, -0.25) is 0 Å². The molecule has 2 aromatic rings. The van der Waals surface area contributed by atoms with Crippen molar-refractivity contribution in [2.75, 3.05) is 11.4 Å². The molecule has 0 unspecified atom stereocenters. The second-order valence-electron chi connectivity index (χ2n) is 3.73. The minimum atomic E-state index is 0.518. The minimum Gasteiger partial charge on any atom is -0.340 e. The molecule has 2 heteroatoms. The van der Waals surface area contributed by atoms with E-state index in [1.807, 2.05) is 36.4 Å². The van der Waals surface area contributed by atoms with Gasteiger partial charge in [0, 0.05) is 17.9 Å². The van der Waals surface area contributed by atoms with Gasteiger partial charge in [0.2, 0.25) is 0 Å². The predicted molar refractivity (Wildman–Crippen MR) is 70.1 cm³/mol. The highest BCUT2D eigenvalue weighted by Crippen LogP contribution is 2.24. The monoisotopic (exact) mass is 222 g/mol. The highest BCUT2D eigenvalue weighted by atomic mass is 15.1. The maximum Gasteiger partial charge on any atom is 0.0640 e. The number of para-hydroxylation sites is 2. The lowest BCUT2D eigenvalue weighted by Gasteiger charge is -2.23. The first kappa shape index (κ1) is 11.2. The van der Waals surface area contributed by atoms with E-state index >= 15 is 0 Å². The number of anilines is 2. The Labute approximate surface area is 102 Å². The first-order valence-corrected chi connectivity index (χ1v) is 5.66. The van der Waals surface area contributed by atoms with E-state index < -0.39 is 0 Å². The summed E-state index contributed by atoms with van der Waals surface area (Å²) in [5.41, 5.74) is 2.24. The molecule has 0 aliphatic rings. The van der Waals surface area contributed by atoms with Crippen molar-refractivity contribution in [3.63, 3.8) is 0 Å². The van der Waals surface area contributed by atoms with Crippen LogP contribution in [0.4, 0.5) is 11.4 Å². The molecule has 0 heterocycles. The van der Waals surface area contributed by atoms with Crippen LogP contribution in [0.1, 0.15) is 6.42 Å². The quantitative estimate of drug-likeness (QED) is 0.788. The molecule has 0 saturated carbocycles. The summed E-state index contributed by atoms with van der Waals surface area (Å²) in [5, 5.41) is 8.73. The van der Waals surface area contributed by atoms with E-state index in [2.05, 4.69) is 35.2 Å². The van der Waals surface area contributed by atoms with E-state index in [-0.39, 0.29) is 0 Å². The second kappa shape index (κ2) is 5.72. The van der Waals surface area contributed by atoms with Gasteiger partial charge in [0.1, 0.15) is 0 Å². The molecule has 0 saturated heterocycles. The SMILES string of the molecule is N#CCCN(c1ccccc1)c1ccccc1. The predicted octanol–water partition coefficient (Wildman–Crippen LogP) is 3.74. The number of hydrogen-bond donors (Lipinski definition) is 0. The smallest absolute Gasteiger partial charge is 0.0640 e. The Morgan fingerprint density at radius 1 is 0.824 bits per heavy atom. The molecular formula is C15H14N2. The van der Waals surface area contributed by atoms with Crippen LogP contribution in [-0.2, 0) is 0 Å². The highest BCUT2D eigenvalue weighted by molar-refractivity contribution is 5.62. The van der Waals surface area contributed by atoms with E-state index in [0.29, 0.717) is 13.0 Å². The Morgan fingerprint density at radius 3 is 1.71 bits per heavy atom. The van der Waals surface area contributed by atoms with Crippen LogP contribution >= 0.6 is 0 Å². The number of benzene rings is 2. The van der Waals surface area contributed by atoms with Crippen LogP contribution in [0.2, 0.25) is 0 Å². The molecule has 2 nitrogen and oxygen atoms in total.